The number of carbonyl (C=O) groups excluding carboxylic acids is 1. The van der Waals surface area contributed by atoms with Crippen molar-refractivity contribution in [1.29, 1.82) is 0 Å². The zero-order valence-electron chi connectivity index (χ0n) is 16.2. The molecule has 5 heteroatoms. The number of nitrogens with one attached hydrogen (secondary N) is 1. The fourth-order valence-electron chi connectivity index (χ4n) is 4.46. The molecular formula is C23H27N3O2. The third-order valence-electron chi connectivity index (χ3n) is 6.43. The normalized spacial score (nSPS) is 20.4. The summed E-state index contributed by atoms with van der Waals surface area (Å²) < 4.78 is 0. The quantitative estimate of drug-likeness (QED) is 0.740. The average Bonchev–Trinajstić information content (AvgIpc) is 3.64. The number of aromatic amines is 1. The van der Waals surface area contributed by atoms with Crippen LogP contribution in [0, 0.1) is 5.92 Å². The Hall–Kier alpha value is -2.43. The number of hydrogen-bond acceptors (Lipinski definition) is 4. The summed E-state index contributed by atoms with van der Waals surface area (Å²) in [4.78, 5) is 34.5. The minimum Gasteiger partial charge on any atom is -0.342 e. The fourth-order valence-corrected chi connectivity index (χ4v) is 4.46. The lowest BCUT2D eigenvalue weighted by Crippen LogP contribution is -2.25. The molecule has 0 spiro atoms. The topological polar surface area (TPSA) is 66.1 Å². The van der Waals surface area contributed by atoms with Crippen molar-refractivity contribution in [3.05, 3.63) is 57.5 Å². The predicted octanol–water partition coefficient (Wildman–Crippen LogP) is 4.01. The largest absolute Gasteiger partial charge is 0.342 e. The minimum absolute atomic E-state index is 0.0188. The molecule has 2 aromatic rings. The maximum Gasteiger partial charge on any atom is 0.252 e. The second kappa shape index (κ2) is 7.19. The van der Waals surface area contributed by atoms with Gasteiger partial charge in [-0.05, 0) is 67.4 Å². The Kier molecular flexibility index (Phi) is 4.53. The number of carbonyl (C=O) groups is 1. The third-order valence-corrected chi connectivity index (χ3v) is 6.43. The first-order valence-corrected chi connectivity index (χ1v) is 10.7. The number of ketones is 1. The Labute approximate surface area is 165 Å². The van der Waals surface area contributed by atoms with E-state index in [1.54, 1.807) is 0 Å². The van der Waals surface area contributed by atoms with E-state index in [4.69, 9.17) is 0 Å². The molecule has 5 rings (SSSR count). The van der Waals surface area contributed by atoms with Gasteiger partial charge in [-0.2, -0.15) is 0 Å². The molecule has 28 heavy (non-hydrogen) atoms. The number of Topliss-reactive ketones (excluding diaryl/α,β-unsaturated/α-hetero) is 1. The van der Waals surface area contributed by atoms with Gasteiger partial charge in [-0.1, -0.05) is 24.3 Å². The summed E-state index contributed by atoms with van der Waals surface area (Å²) in [5.41, 5.74) is 2.75. The summed E-state index contributed by atoms with van der Waals surface area (Å²) in [7, 11) is 0. The molecule has 1 aromatic heterocycles. The highest BCUT2D eigenvalue weighted by atomic mass is 16.1. The average molecular weight is 377 g/mol. The van der Waals surface area contributed by atoms with Crippen molar-refractivity contribution in [3.8, 4) is 0 Å². The maximum absolute atomic E-state index is 13.0. The van der Waals surface area contributed by atoms with E-state index in [9.17, 15) is 9.59 Å². The third kappa shape index (κ3) is 3.75. The summed E-state index contributed by atoms with van der Waals surface area (Å²) in [6, 6.07) is 10.3. The lowest BCUT2D eigenvalue weighted by Gasteiger charge is -2.18. The van der Waals surface area contributed by atoms with Crippen molar-refractivity contribution in [2.75, 3.05) is 18.0 Å². The first kappa shape index (κ1) is 17.7. The second-order valence-corrected chi connectivity index (χ2v) is 8.66. The fraction of sp³-hybridized carbons (Fsp3) is 0.522. The molecule has 0 bridgehead atoms. The van der Waals surface area contributed by atoms with Crippen LogP contribution in [0.1, 0.15) is 78.4 Å². The van der Waals surface area contributed by atoms with Crippen LogP contribution in [0.5, 0.6) is 0 Å². The van der Waals surface area contributed by atoms with Crippen LogP contribution in [0.3, 0.4) is 0 Å². The van der Waals surface area contributed by atoms with Crippen molar-refractivity contribution in [3.63, 3.8) is 0 Å². The molecule has 1 N–H and O–H groups in total. The van der Waals surface area contributed by atoms with E-state index >= 15 is 0 Å². The Bertz CT molecular complexity index is 920. The summed E-state index contributed by atoms with van der Waals surface area (Å²) in [6.07, 6.45) is 7.61. The van der Waals surface area contributed by atoms with E-state index in [0.29, 0.717) is 24.0 Å². The molecule has 146 valence electrons. The van der Waals surface area contributed by atoms with E-state index in [-0.39, 0.29) is 17.3 Å². The Morgan fingerprint density at radius 2 is 1.82 bits per heavy atom. The van der Waals surface area contributed by atoms with Crippen LogP contribution in [0.15, 0.2) is 35.1 Å². The number of aromatic nitrogens is 2. The van der Waals surface area contributed by atoms with Crippen molar-refractivity contribution in [2.24, 2.45) is 5.92 Å². The molecule has 2 aliphatic carbocycles. The summed E-state index contributed by atoms with van der Waals surface area (Å²) in [6.45, 7) is 1.78. The number of hydrogen-bond donors (Lipinski definition) is 1. The number of anilines is 1. The predicted molar refractivity (Wildman–Crippen MR) is 109 cm³/mol. The monoisotopic (exact) mass is 377 g/mol. The van der Waals surface area contributed by atoms with Crippen LogP contribution in [0.2, 0.25) is 0 Å². The van der Waals surface area contributed by atoms with Crippen LogP contribution < -0.4 is 10.5 Å². The van der Waals surface area contributed by atoms with Crippen molar-refractivity contribution >= 4 is 11.7 Å². The van der Waals surface area contributed by atoms with Gasteiger partial charge in [0, 0.05) is 25.6 Å². The summed E-state index contributed by atoms with van der Waals surface area (Å²) >= 11 is 0. The van der Waals surface area contributed by atoms with Gasteiger partial charge in [0.15, 0.2) is 5.78 Å². The molecule has 1 saturated heterocycles. The first-order valence-electron chi connectivity index (χ1n) is 10.7. The maximum atomic E-state index is 13.0. The van der Waals surface area contributed by atoms with Gasteiger partial charge in [0.05, 0.1) is 0 Å². The molecule has 3 aliphatic rings. The Morgan fingerprint density at radius 1 is 1.11 bits per heavy atom. The van der Waals surface area contributed by atoms with Gasteiger partial charge in [-0.3, -0.25) is 14.6 Å². The molecule has 5 nitrogen and oxygen atoms in total. The number of H-pyrrole nitrogens is 1. The highest BCUT2D eigenvalue weighted by molar-refractivity contribution is 5.95. The lowest BCUT2D eigenvalue weighted by molar-refractivity contribution is 0.0965. The van der Waals surface area contributed by atoms with Gasteiger partial charge in [0.1, 0.15) is 5.69 Å². The molecule has 1 atom stereocenters. The number of benzene rings is 1. The molecular weight excluding hydrogens is 350 g/mol. The molecule has 2 saturated carbocycles. The lowest BCUT2D eigenvalue weighted by atomic mass is 9.88. The van der Waals surface area contributed by atoms with Crippen LogP contribution in [-0.2, 0) is 0 Å². The first-order chi connectivity index (χ1) is 13.7. The highest BCUT2D eigenvalue weighted by Crippen LogP contribution is 2.46. The van der Waals surface area contributed by atoms with E-state index in [1.165, 1.54) is 42.9 Å². The molecule has 0 amide bonds. The van der Waals surface area contributed by atoms with Crippen LogP contribution >= 0.6 is 0 Å². The van der Waals surface area contributed by atoms with Gasteiger partial charge in [-0.15, -0.1) is 0 Å². The molecule has 1 aromatic carbocycles. The minimum atomic E-state index is -0.239. The van der Waals surface area contributed by atoms with Crippen LogP contribution in [0.25, 0.3) is 0 Å². The van der Waals surface area contributed by atoms with E-state index < -0.39 is 0 Å². The second-order valence-electron chi connectivity index (χ2n) is 8.66. The molecule has 1 aliphatic heterocycles. The standard InChI is InChI=1S/C23H27N3O2/c27-21(20-14-22(28)25-23(24-20)26-11-1-2-12-26)13-19(18-9-10-18)17-7-5-16(6-8-17)15-3-4-15/h5-8,14-15,18-19H,1-4,9-13H2,(H,24,25,28)/t19-/m0/s1. The zero-order chi connectivity index (χ0) is 19.1. The molecule has 3 fully saturated rings. The Morgan fingerprint density at radius 3 is 2.46 bits per heavy atom. The zero-order valence-corrected chi connectivity index (χ0v) is 16.2. The van der Waals surface area contributed by atoms with Crippen molar-refractivity contribution < 1.29 is 4.79 Å². The molecule has 0 unspecified atom stereocenters. The van der Waals surface area contributed by atoms with E-state index in [2.05, 4.69) is 39.1 Å². The number of nitrogens with zero attached hydrogens (tertiary/aromatic N) is 2. The van der Waals surface area contributed by atoms with E-state index in [0.717, 1.165) is 31.8 Å². The summed E-state index contributed by atoms with van der Waals surface area (Å²) in [5.74, 6) is 2.09. The van der Waals surface area contributed by atoms with Crippen LogP contribution in [0.4, 0.5) is 5.95 Å². The van der Waals surface area contributed by atoms with Gasteiger partial charge in [0.2, 0.25) is 5.95 Å². The van der Waals surface area contributed by atoms with Crippen molar-refractivity contribution in [1.82, 2.24) is 9.97 Å². The van der Waals surface area contributed by atoms with Gasteiger partial charge >= 0.3 is 0 Å². The van der Waals surface area contributed by atoms with Gasteiger partial charge in [0.25, 0.3) is 5.56 Å². The van der Waals surface area contributed by atoms with Gasteiger partial charge < -0.3 is 4.90 Å². The number of rotatable bonds is 7. The summed E-state index contributed by atoms with van der Waals surface area (Å²) in [5, 5.41) is 0. The SMILES string of the molecule is O=C(C[C@@H](c1ccc(C2CC2)cc1)C1CC1)c1cc(=O)[nH]c(N2CCCC2)n1. The van der Waals surface area contributed by atoms with Crippen LogP contribution in [-0.4, -0.2) is 28.8 Å². The smallest absolute Gasteiger partial charge is 0.252 e. The Balaban J connectivity index is 1.36. The molecule has 2 heterocycles. The van der Waals surface area contributed by atoms with E-state index in [1.807, 2.05) is 0 Å². The van der Waals surface area contributed by atoms with Gasteiger partial charge in [-0.25, -0.2) is 4.98 Å². The highest BCUT2D eigenvalue weighted by Gasteiger charge is 2.34. The van der Waals surface area contributed by atoms with Crippen molar-refractivity contribution in [2.45, 2.75) is 56.8 Å². The molecule has 0 radical (unpaired) electrons.